The number of hydrogen-bond donors (Lipinski definition) is 1. The Hall–Kier alpha value is -2.35. The van der Waals surface area contributed by atoms with Crippen LogP contribution in [0.5, 0.6) is 0 Å². The molecule has 0 fully saturated rings. The number of rotatable bonds is 7. The van der Waals surface area contributed by atoms with E-state index in [0.717, 1.165) is 29.7 Å². The minimum atomic E-state index is -1.76. The molecule has 0 saturated heterocycles. The van der Waals surface area contributed by atoms with Gasteiger partial charge in [-0.3, -0.25) is 9.59 Å². The summed E-state index contributed by atoms with van der Waals surface area (Å²) in [6.07, 6.45) is 1.12. The van der Waals surface area contributed by atoms with Crippen molar-refractivity contribution in [2.75, 3.05) is 5.32 Å². The number of nitrogens with zero attached hydrogens (tertiary/aromatic N) is 1. The average Bonchev–Trinajstić information content (AvgIpc) is 2.66. The van der Waals surface area contributed by atoms with E-state index in [4.69, 9.17) is 23.2 Å². The molecule has 0 aliphatic heterocycles. The number of carbonyl (C=O) groups excluding carboxylic acids is 2. The van der Waals surface area contributed by atoms with E-state index in [0.29, 0.717) is 0 Å². The number of nitriles is 1. The third-order valence-corrected chi connectivity index (χ3v) is 5.50. The van der Waals surface area contributed by atoms with Crippen molar-refractivity contribution in [3.05, 3.63) is 63.1 Å². The third-order valence-electron chi connectivity index (χ3n) is 4.87. The van der Waals surface area contributed by atoms with Gasteiger partial charge in [-0.2, -0.15) is 5.26 Å². The largest absolute Gasteiger partial charge is 0.326 e. The minimum Gasteiger partial charge on any atom is -0.326 e. The summed E-state index contributed by atoms with van der Waals surface area (Å²) in [4.78, 5) is 25.4. The highest BCUT2D eigenvalue weighted by molar-refractivity contribution is 6.37. The smallest absolute Gasteiger partial charge is 0.226 e. The molecule has 0 bridgehead atoms. The number of amides is 1. The van der Waals surface area contributed by atoms with Crippen LogP contribution in [0.15, 0.2) is 36.4 Å². The van der Waals surface area contributed by atoms with Gasteiger partial charge in [-0.15, -0.1) is 0 Å². The summed E-state index contributed by atoms with van der Waals surface area (Å²) in [5.74, 6) is -0.928. The molecule has 2 rings (SSSR count). The number of hydrogen-bond acceptors (Lipinski definition) is 3. The van der Waals surface area contributed by atoms with Crippen LogP contribution in [-0.4, -0.2) is 11.7 Å². The van der Waals surface area contributed by atoms with Gasteiger partial charge in [0.1, 0.15) is 0 Å². The normalized spacial score (nSPS) is 12.7. The number of aryl methyl sites for hydroxylation is 2. The van der Waals surface area contributed by atoms with Crippen molar-refractivity contribution in [3.8, 4) is 6.07 Å². The van der Waals surface area contributed by atoms with Gasteiger partial charge in [0.05, 0.1) is 12.5 Å². The van der Waals surface area contributed by atoms with Crippen LogP contribution in [0, 0.1) is 11.3 Å². The first kappa shape index (κ1) is 21.9. The number of benzene rings is 2. The van der Waals surface area contributed by atoms with E-state index in [1.807, 2.05) is 38.1 Å². The van der Waals surface area contributed by atoms with Crippen molar-refractivity contribution in [2.45, 2.75) is 45.4 Å². The summed E-state index contributed by atoms with van der Waals surface area (Å²) in [6, 6.07) is 12.6. The molecule has 6 heteroatoms. The van der Waals surface area contributed by atoms with Gasteiger partial charge in [0, 0.05) is 21.3 Å². The number of nitrogens with one attached hydrogen (secondary N) is 1. The van der Waals surface area contributed by atoms with Crippen LogP contribution in [-0.2, 0) is 27.8 Å². The topological polar surface area (TPSA) is 70.0 Å². The van der Waals surface area contributed by atoms with Gasteiger partial charge in [-0.05, 0) is 43.0 Å². The van der Waals surface area contributed by atoms with Crippen molar-refractivity contribution in [1.29, 1.82) is 5.26 Å². The number of ketones is 1. The first-order valence-corrected chi connectivity index (χ1v) is 9.83. The zero-order valence-corrected chi connectivity index (χ0v) is 17.6. The average molecular weight is 417 g/mol. The maximum absolute atomic E-state index is 12.9. The second kappa shape index (κ2) is 9.23. The zero-order chi connectivity index (χ0) is 20.9. The van der Waals surface area contributed by atoms with Gasteiger partial charge >= 0.3 is 0 Å². The van der Waals surface area contributed by atoms with Crippen molar-refractivity contribution in [3.63, 3.8) is 0 Å². The molecular weight excluding hydrogens is 395 g/mol. The fourth-order valence-electron chi connectivity index (χ4n) is 3.30. The van der Waals surface area contributed by atoms with E-state index in [-0.39, 0.29) is 22.0 Å². The molecule has 1 N–H and O–H groups in total. The Morgan fingerprint density at radius 2 is 1.54 bits per heavy atom. The lowest BCUT2D eigenvalue weighted by Crippen LogP contribution is -2.37. The maximum Gasteiger partial charge on any atom is 0.226 e. The summed E-state index contributed by atoms with van der Waals surface area (Å²) in [5, 5.41) is 13.2. The van der Waals surface area contributed by atoms with Crippen LogP contribution in [0.2, 0.25) is 10.0 Å². The van der Waals surface area contributed by atoms with E-state index < -0.39 is 17.1 Å². The van der Waals surface area contributed by atoms with Crippen molar-refractivity contribution in [2.24, 2.45) is 0 Å². The lowest BCUT2D eigenvalue weighted by molar-refractivity contribution is -0.125. The predicted molar refractivity (Wildman–Crippen MR) is 113 cm³/mol. The Labute approximate surface area is 175 Å². The Morgan fingerprint density at radius 3 is 1.96 bits per heavy atom. The molecule has 0 heterocycles. The second-order valence-corrected chi connectivity index (χ2v) is 7.37. The SMILES string of the molecule is CCc1cccc(CC)c1NC(=O)C[C@@](C#N)(C(C)=O)c1c(Cl)cccc1Cl. The van der Waals surface area contributed by atoms with Crippen molar-refractivity contribution < 1.29 is 9.59 Å². The van der Waals surface area contributed by atoms with Crippen LogP contribution < -0.4 is 5.32 Å². The van der Waals surface area contributed by atoms with Gasteiger partial charge < -0.3 is 5.32 Å². The molecule has 0 aliphatic rings. The van der Waals surface area contributed by atoms with E-state index in [9.17, 15) is 14.9 Å². The van der Waals surface area contributed by atoms with Crippen molar-refractivity contribution in [1.82, 2.24) is 0 Å². The molecule has 0 spiro atoms. The predicted octanol–water partition coefficient (Wildman–Crippen LogP) is 5.50. The second-order valence-electron chi connectivity index (χ2n) is 6.55. The molecule has 2 aromatic rings. The number of Topliss-reactive ketones (excluding diaryl/α,β-unsaturated/α-hetero) is 1. The molecular formula is C22H22Cl2N2O2. The molecule has 1 atom stereocenters. The van der Waals surface area contributed by atoms with Crippen LogP contribution in [0.25, 0.3) is 0 Å². The van der Waals surface area contributed by atoms with Gasteiger partial charge in [0.25, 0.3) is 0 Å². The van der Waals surface area contributed by atoms with E-state index in [2.05, 4.69) is 5.32 Å². The standard InChI is InChI=1S/C22H22Cl2N2O2/c1-4-15-8-6-9-16(5-2)21(15)26-19(28)12-22(13-25,14(3)27)20-17(23)10-7-11-18(20)24/h6-11H,4-5,12H2,1-3H3,(H,26,28)/t22-/m1/s1. The molecule has 0 saturated carbocycles. The highest BCUT2D eigenvalue weighted by Gasteiger charge is 2.43. The zero-order valence-electron chi connectivity index (χ0n) is 16.1. The molecule has 0 aliphatic carbocycles. The molecule has 2 aromatic carbocycles. The lowest BCUT2D eigenvalue weighted by atomic mass is 9.75. The summed E-state index contributed by atoms with van der Waals surface area (Å²) < 4.78 is 0. The molecule has 0 unspecified atom stereocenters. The summed E-state index contributed by atoms with van der Waals surface area (Å²) in [5.41, 5.74) is 1.14. The molecule has 0 radical (unpaired) electrons. The monoisotopic (exact) mass is 416 g/mol. The Morgan fingerprint density at radius 1 is 1.04 bits per heavy atom. The first-order chi connectivity index (χ1) is 13.3. The Bertz CT molecular complexity index is 908. The molecule has 0 aromatic heterocycles. The van der Waals surface area contributed by atoms with Crippen molar-refractivity contribution >= 4 is 40.6 Å². The van der Waals surface area contributed by atoms with E-state index in [1.54, 1.807) is 18.2 Å². The van der Waals surface area contributed by atoms with Crippen LogP contribution >= 0.6 is 23.2 Å². The highest BCUT2D eigenvalue weighted by Crippen LogP contribution is 2.39. The summed E-state index contributed by atoms with van der Waals surface area (Å²) in [6.45, 7) is 5.28. The summed E-state index contributed by atoms with van der Waals surface area (Å²) in [7, 11) is 0. The van der Waals surface area contributed by atoms with E-state index >= 15 is 0 Å². The number of anilines is 1. The third kappa shape index (κ3) is 4.22. The van der Waals surface area contributed by atoms with Gasteiger partial charge in [0.15, 0.2) is 11.2 Å². The molecule has 28 heavy (non-hydrogen) atoms. The fraction of sp³-hybridized carbons (Fsp3) is 0.318. The van der Waals surface area contributed by atoms with Crippen LogP contribution in [0.4, 0.5) is 5.69 Å². The Kier molecular flexibility index (Phi) is 7.23. The molecule has 1 amide bonds. The lowest BCUT2D eigenvalue weighted by Gasteiger charge is -2.26. The number of halogens is 2. The number of para-hydroxylation sites is 1. The minimum absolute atomic E-state index is 0.169. The fourth-order valence-corrected chi connectivity index (χ4v) is 4.02. The van der Waals surface area contributed by atoms with Gasteiger partial charge in [-0.1, -0.05) is 61.3 Å². The number of carbonyl (C=O) groups is 2. The maximum atomic E-state index is 12.9. The summed E-state index contributed by atoms with van der Waals surface area (Å²) >= 11 is 12.5. The quantitative estimate of drug-likeness (QED) is 0.647. The molecule has 4 nitrogen and oxygen atoms in total. The highest BCUT2D eigenvalue weighted by atomic mass is 35.5. The van der Waals surface area contributed by atoms with Gasteiger partial charge in [0.2, 0.25) is 5.91 Å². The van der Waals surface area contributed by atoms with E-state index in [1.165, 1.54) is 6.92 Å². The Balaban J connectivity index is 2.47. The molecule has 146 valence electrons. The first-order valence-electron chi connectivity index (χ1n) is 9.08. The van der Waals surface area contributed by atoms with Gasteiger partial charge in [-0.25, -0.2) is 0 Å². The van der Waals surface area contributed by atoms with Crippen LogP contribution in [0.3, 0.4) is 0 Å². The van der Waals surface area contributed by atoms with Crippen LogP contribution in [0.1, 0.15) is 43.9 Å².